The van der Waals surface area contributed by atoms with Crippen LogP contribution >= 0.6 is 11.3 Å². The van der Waals surface area contributed by atoms with Crippen molar-refractivity contribution in [3.05, 3.63) is 28.2 Å². The quantitative estimate of drug-likeness (QED) is 0.680. The Hall–Kier alpha value is -3.21. The van der Waals surface area contributed by atoms with E-state index in [1.54, 1.807) is 23.1 Å². The predicted molar refractivity (Wildman–Crippen MR) is 115 cm³/mol. The van der Waals surface area contributed by atoms with Crippen molar-refractivity contribution >= 4 is 34.7 Å². The van der Waals surface area contributed by atoms with E-state index in [9.17, 15) is 14.4 Å². The highest BCUT2D eigenvalue weighted by Gasteiger charge is 2.29. The van der Waals surface area contributed by atoms with Crippen LogP contribution in [0.25, 0.3) is 0 Å². The molecule has 1 aliphatic carbocycles. The molecular formula is C21H23N5O5S. The maximum absolute atomic E-state index is 12.8. The molecule has 2 aliphatic heterocycles. The topological polar surface area (TPSA) is 123 Å². The zero-order chi connectivity index (χ0) is 22.1. The molecular weight excluding hydrogens is 434 g/mol. The number of amides is 3. The Balaban J connectivity index is 1.13. The summed E-state index contributed by atoms with van der Waals surface area (Å²) >= 11 is 0.967. The lowest BCUT2D eigenvalue weighted by Gasteiger charge is -2.31. The monoisotopic (exact) mass is 457 g/mol. The third kappa shape index (κ3) is 4.67. The molecule has 2 aromatic rings. The number of rotatable bonds is 6. The van der Waals surface area contributed by atoms with Gasteiger partial charge >= 0.3 is 0 Å². The molecule has 1 saturated heterocycles. The maximum Gasteiger partial charge on any atom is 0.286 e. The van der Waals surface area contributed by atoms with Gasteiger partial charge in [0.2, 0.25) is 22.7 Å². The summed E-state index contributed by atoms with van der Waals surface area (Å²) in [5.41, 5.74) is 0.537. The number of hydrogen-bond acceptors (Lipinski definition) is 8. The highest BCUT2D eigenvalue weighted by molar-refractivity contribution is 7.15. The van der Waals surface area contributed by atoms with Crippen LogP contribution in [-0.2, 0) is 4.79 Å². The highest BCUT2D eigenvalue weighted by Crippen LogP contribution is 2.34. The summed E-state index contributed by atoms with van der Waals surface area (Å²) in [5.74, 6) is 0.907. The summed E-state index contributed by atoms with van der Waals surface area (Å²) in [7, 11) is 0. The number of likely N-dealkylation sites (tertiary alicyclic amines) is 1. The van der Waals surface area contributed by atoms with Gasteiger partial charge in [-0.25, -0.2) is 0 Å². The summed E-state index contributed by atoms with van der Waals surface area (Å²) in [6.45, 7) is 1.29. The van der Waals surface area contributed by atoms with E-state index in [1.807, 2.05) is 0 Å². The first-order valence-electron chi connectivity index (χ1n) is 10.7. The van der Waals surface area contributed by atoms with E-state index < -0.39 is 5.91 Å². The van der Waals surface area contributed by atoms with Crippen LogP contribution in [0, 0.1) is 5.92 Å². The standard InChI is InChI=1S/C21H23N5O5S/c27-17(22-13-1-2-13)9-12-5-7-26(8-6-12)21(29)20-25-24-19(32-20)18(28)23-14-3-4-15-16(10-14)31-11-30-15/h3-4,10,12-13H,1-2,5-9,11H2,(H,22,27)(H,23,28). The molecule has 1 saturated carbocycles. The van der Waals surface area contributed by atoms with Crippen LogP contribution < -0.4 is 20.1 Å². The predicted octanol–water partition coefficient (Wildman–Crippen LogP) is 2.04. The number of piperidine rings is 1. The number of nitrogens with one attached hydrogen (secondary N) is 2. The zero-order valence-electron chi connectivity index (χ0n) is 17.3. The fourth-order valence-corrected chi connectivity index (χ4v) is 4.52. The van der Waals surface area contributed by atoms with E-state index >= 15 is 0 Å². The second-order valence-electron chi connectivity index (χ2n) is 8.22. The van der Waals surface area contributed by atoms with E-state index in [4.69, 9.17) is 9.47 Å². The van der Waals surface area contributed by atoms with Crippen LogP contribution in [0.1, 0.15) is 51.7 Å². The first-order chi connectivity index (χ1) is 15.5. The normalized spacial score (nSPS) is 17.8. The molecule has 2 fully saturated rings. The van der Waals surface area contributed by atoms with Crippen LogP contribution in [0.3, 0.4) is 0 Å². The summed E-state index contributed by atoms with van der Waals surface area (Å²) in [4.78, 5) is 39.0. The van der Waals surface area contributed by atoms with E-state index in [-0.39, 0.29) is 34.5 Å². The number of ether oxygens (including phenoxy) is 2. The summed E-state index contributed by atoms with van der Waals surface area (Å²) < 4.78 is 10.6. The molecule has 0 spiro atoms. The number of carbonyl (C=O) groups is 3. The van der Waals surface area contributed by atoms with Crippen molar-refractivity contribution in [3.63, 3.8) is 0 Å². The van der Waals surface area contributed by atoms with E-state index in [0.29, 0.717) is 42.7 Å². The van der Waals surface area contributed by atoms with Crippen molar-refractivity contribution < 1.29 is 23.9 Å². The summed E-state index contributed by atoms with van der Waals surface area (Å²) in [5, 5.41) is 13.9. The van der Waals surface area contributed by atoms with Gasteiger partial charge in [-0.3, -0.25) is 14.4 Å². The van der Waals surface area contributed by atoms with Gasteiger partial charge in [-0.2, -0.15) is 0 Å². The van der Waals surface area contributed by atoms with E-state index in [0.717, 1.165) is 37.0 Å². The van der Waals surface area contributed by atoms with Crippen LogP contribution in [0.4, 0.5) is 5.69 Å². The molecule has 0 bridgehead atoms. The molecule has 2 N–H and O–H groups in total. The molecule has 32 heavy (non-hydrogen) atoms. The Kier molecular flexibility index (Phi) is 5.64. The molecule has 3 heterocycles. The van der Waals surface area contributed by atoms with Crippen LogP contribution in [0.2, 0.25) is 0 Å². The van der Waals surface area contributed by atoms with Gasteiger partial charge in [-0.15, -0.1) is 10.2 Å². The number of hydrogen-bond donors (Lipinski definition) is 2. The van der Waals surface area contributed by atoms with Crippen LogP contribution in [0.5, 0.6) is 11.5 Å². The highest BCUT2D eigenvalue weighted by atomic mass is 32.1. The molecule has 3 aliphatic rings. The fraction of sp³-hybridized carbons (Fsp3) is 0.476. The van der Waals surface area contributed by atoms with Gasteiger partial charge in [-0.1, -0.05) is 11.3 Å². The summed E-state index contributed by atoms with van der Waals surface area (Å²) in [6, 6.07) is 5.46. The first-order valence-corrected chi connectivity index (χ1v) is 11.5. The van der Waals surface area contributed by atoms with Gasteiger partial charge in [0.25, 0.3) is 11.8 Å². The molecule has 0 atom stereocenters. The lowest BCUT2D eigenvalue weighted by molar-refractivity contribution is -0.122. The molecule has 1 aromatic carbocycles. The largest absolute Gasteiger partial charge is 0.454 e. The van der Waals surface area contributed by atoms with Crippen molar-refractivity contribution in [2.45, 2.75) is 38.1 Å². The molecule has 3 amide bonds. The Morgan fingerprint density at radius 3 is 2.56 bits per heavy atom. The number of nitrogens with zero attached hydrogens (tertiary/aromatic N) is 3. The molecule has 0 unspecified atom stereocenters. The second-order valence-corrected chi connectivity index (χ2v) is 9.19. The lowest BCUT2D eigenvalue weighted by Crippen LogP contribution is -2.39. The number of carbonyl (C=O) groups excluding carboxylic acids is 3. The SMILES string of the molecule is O=C(CC1CCN(C(=O)c2nnc(C(=O)Nc3ccc4c(c3)OCO4)s2)CC1)NC1CC1. The van der Waals surface area contributed by atoms with Crippen molar-refractivity contribution in [2.24, 2.45) is 5.92 Å². The summed E-state index contributed by atoms with van der Waals surface area (Å²) in [6.07, 6.45) is 4.23. The van der Waals surface area contributed by atoms with Gasteiger partial charge in [0.15, 0.2) is 11.5 Å². The third-order valence-corrected chi connectivity index (χ3v) is 6.66. The maximum atomic E-state index is 12.8. The Morgan fingerprint density at radius 2 is 1.78 bits per heavy atom. The van der Waals surface area contributed by atoms with Crippen LogP contribution in [0.15, 0.2) is 18.2 Å². The second kappa shape index (κ2) is 8.73. The molecule has 11 heteroatoms. The molecule has 10 nitrogen and oxygen atoms in total. The minimum absolute atomic E-state index is 0.109. The number of fused-ring (bicyclic) bond motifs is 1. The average Bonchev–Trinajstić information content (AvgIpc) is 3.27. The molecule has 1 aromatic heterocycles. The Bertz CT molecular complexity index is 1040. The van der Waals surface area contributed by atoms with Gasteiger partial charge < -0.3 is 25.0 Å². The average molecular weight is 458 g/mol. The minimum atomic E-state index is -0.444. The zero-order valence-corrected chi connectivity index (χ0v) is 18.2. The first kappa shape index (κ1) is 20.7. The number of benzene rings is 1. The Labute approximate surface area is 188 Å². The van der Waals surface area contributed by atoms with Crippen molar-refractivity contribution in [1.82, 2.24) is 20.4 Å². The smallest absolute Gasteiger partial charge is 0.286 e. The molecule has 0 radical (unpaired) electrons. The van der Waals surface area contributed by atoms with Gasteiger partial charge in [0.05, 0.1) is 0 Å². The van der Waals surface area contributed by atoms with E-state index in [1.165, 1.54) is 0 Å². The third-order valence-electron chi connectivity index (χ3n) is 5.75. The Morgan fingerprint density at radius 1 is 1.03 bits per heavy atom. The van der Waals surface area contributed by atoms with E-state index in [2.05, 4.69) is 20.8 Å². The minimum Gasteiger partial charge on any atom is -0.454 e. The number of anilines is 1. The van der Waals surface area contributed by atoms with Crippen molar-refractivity contribution in [2.75, 3.05) is 25.2 Å². The fourth-order valence-electron chi connectivity index (χ4n) is 3.81. The van der Waals surface area contributed by atoms with Gasteiger partial charge in [0.1, 0.15) is 0 Å². The van der Waals surface area contributed by atoms with Crippen molar-refractivity contribution in [1.29, 1.82) is 0 Å². The van der Waals surface area contributed by atoms with Crippen LogP contribution in [-0.4, -0.2) is 58.7 Å². The van der Waals surface area contributed by atoms with Gasteiger partial charge in [-0.05, 0) is 43.7 Å². The molecule has 5 rings (SSSR count). The number of aromatic nitrogens is 2. The lowest BCUT2D eigenvalue weighted by atomic mass is 9.93. The van der Waals surface area contributed by atoms with Crippen molar-refractivity contribution in [3.8, 4) is 11.5 Å². The van der Waals surface area contributed by atoms with Gasteiger partial charge in [0, 0.05) is 37.3 Å². The molecule has 168 valence electrons.